The third-order valence-corrected chi connectivity index (χ3v) is 4.41. The molecule has 0 saturated heterocycles. The van der Waals surface area contributed by atoms with Crippen LogP contribution < -0.4 is 20.2 Å². The maximum Gasteiger partial charge on any atom is 0.252 e. The number of anilines is 1. The molecule has 0 heterocycles. The van der Waals surface area contributed by atoms with Crippen molar-refractivity contribution in [3.63, 3.8) is 0 Å². The second-order valence-electron chi connectivity index (χ2n) is 6.90. The minimum Gasteiger partial charge on any atom is -0.497 e. The molecule has 0 aliphatic rings. The summed E-state index contributed by atoms with van der Waals surface area (Å²) in [5.74, 6) is -0.539. The highest BCUT2D eigenvalue weighted by molar-refractivity contribution is 6.06. The first-order valence-corrected chi connectivity index (χ1v) is 9.28. The number of benzene rings is 2. The second kappa shape index (κ2) is 10.3. The Labute approximate surface area is 171 Å². The van der Waals surface area contributed by atoms with E-state index in [1.807, 2.05) is 39.0 Å². The molecule has 0 aliphatic heterocycles. The van der Waals surface area contributed by atoms with Crippen LogP contribution in [-0.4, -0.2) is 32.2 Å². The van der Waals surface area contributed by atoms with Crippen molar-refractivity contribution in [3.05, 3.63) is 53.6 Å². The van der Waals surface area contributed by atoms with Crippen LogP contribution in [0.15, 0.2) is 47.6 Å². The maximum atomic E-state index is 12.6. The number of hydrogen-bond donors (Lipinski definition) is 2. The van der Waals surface area contributed by atoms with Crippen LogP contribution in [-0.2, 0) is 9.59 Å². The van der Waals surface area contributed by atoms with Crippen LogP contribution in [0.1, 0.15) is 25.0 Å². The molecular formula is C22H27N3O4. The minimum absolute atomic E-state index is 0.206. The van der Waals surface area contributed by atoms with Crippen LogP contribution in [0.25, 0.3) is 0 Å². The Bertz CT molecular complexity index is 876. The van der Waals surface area contributed by atoms with Gasteiger partial charge in [0.15, 0.2) is 0 Å². The number of nitrogens with one attached hydrogen (secondary N) is 2. The van der Waals surface area contributed by atoms with Crippen LogP contribution in [0.5, 0.6) is 11.5 Å². The van der Waals surface area contributed by atoms with E-state index in [1.165, 1.54) is 6.21 Å². The molecule has 2 N–H and O–H groups in total. The number of hydrogen-bond acceptors (Lipinski definition) is 5. The van der Waals surface area contributed by atoms with Gasteiger partial charge in [0.05, 0.1) is 20.4 Å². The van der Waals surface area contributed by atoms with Crippen molar-refractivity contribution in [3.8, 4) is 11.5 Å². The molecule has 1 unspecified atom stereocenters. The van der Waals surface area contributed by atoms with Crippen molar-refractivity contribution in [2.24, 2.45) is 16.9 Å². The van der Waals surface area contributed by atoms with E-state index in [2.05, 4.69) is 15.8 Å². The molecule has 2 amide bonds. The Morgan fingerprint density at radius 1 is 1.00 bits per heavy atom. The lowest BCUT2D eigenvalue weighted by Crippen LogP contribution is -2.39. The van der Waals surface area contributed by atoms with E-state index in [0.717, 1.165) is 16.9 Å². The monoisotopic (exact) mass is 397 g/mol. The fourth-order valence-corrected chi connectivity index (χ4v) is 2.78. The molecule has 1 atom stereocenters. The van der Waals surface area contributed by atoms with Crippen LogP contribution in [0.4, 0.5) is 5.69 Å². The molecule has 154 valence electrons. The van der Waals surface area contributed by atoms with Crippen LogP contribution in [0.3, 0.4) is 0 Å². The van der Waals surface area contributed by atoms with Gasteiger partial charge < -0.3 is 14.8 Å². The van der Waals surface area contributed by atoms with E-state index in [9.17, 15) is 9.59 Å². The molecule has 0 fully saturated rings. The van der Waals surface area contributed by atoms with Gasteiger partial charge in [-0.2, -0.15) is 5.10 Å². The summed E-state index contributed by atoms with van der Waals surface area (Å²) in [7, 11) is 3.17. The Hall–Kier alpha value is -3.35. The highest BCUT2D eigenvalue weighted by Crippen LogP contribution is 2.19. The average molecular weight is 397 g/mol. The first-order valence-electron chi connectivity index (χ1n) is 9.28. The number of carbonyl (C=O) groups is 2. The van der Waals surface area contributed by atoms with Crippen molar-refractivity contribution >= 4 is 23.7 Å². The molecule has 0 saturated carbocycles. The average Bonchev–Trinajstić information content (AvgIpc) is 2.69. The first-order chi connectivity index (χ1) is 13.8. The minimum atomic E-state index is -0.887. The van der Waals surface area contributed by atoms with Crippen molar-refractivity contribution in [2.75, 3.05) is 19.5 Å². The van der Waals surface area contributed by atoms with Gasteiger partial charge in [-0.15, -0.1) is 0 Å². The molecule has 0 aliphatic carbocycles. The topological polar surface area (TPSA) is 89.0 Å². The van der Waals surface area contributed by atoms with Crippen LogP contribution in [0.2, 0.25) is 0 Å². The summed E-state index contributed by atoms with van der Waals surface area (Å²) in [6.07, 6.45) is 1.51. The molecular weight excluding hydrogens is 370 g/mol. The van der Waals surface area contributed by atoms with Gasteiger partial charge in [-0.3, -0.25) is 9.59 Å². The fraction of sp³-hybridized carbons (Fsp3) is 0.318. The van der Waals surface area contributed by atoms with Gasteiger partial charge in [-0.05, 0) is 54.3 Å². The molecule has 29 heavy (non-hydrogen) atoms. The van der Waals surface area contributed by atoms with Gasteiger partial charge >= 0.3 is 0 Å². The van der Waals surface area contributed by atoms with Crippen molar-refractivity contribution < 1.29 is 19.1 Å². The van der Waals surface area contributed by atoms with Crippen LogP contribution >= 0.6 is 0 Å². The standard InChI is InChI=1S/C22H27N3O4/c1-14(2)20(21(26)24-17-8-10-18(28-4)11-9-17)22(27)25-23-13-16-7-6-15(3)19(12-16)29-5/h6-14,20H,1-5H3,(H,24,26)(H,25,27). The second-order valence-corrected chi connectivity index (χ2v) is 6.90. The van der Waals surface area contributed by atoms with E-state index >= 15 is 0 Å². The predicted octanol–water partition coefficient (Wildman–Crippen LogP) is 3.37. The third kappa shape index (κ3) is 6.07. The van der Waals surface area contributed by atoms with Gasteiger partial charge in [0.1, 0.15) is 17.4 Å². The Morgan fingerprint density at radius 2 is 1.69 bits per heavy atom. The summed E-state index contributed by atoms with van der Waals surface area (Å²) in [5, 5.41) is 6.75. The summed E-state index contributed by atoms with van der Waals surface area (Å²) in [4.78, 5) is 25.2. The number of hydrazone groups is 1. The van der Waals surface area contributed by atoms with E-state index < -0.39 is 17.7 Å². The zero-order valence-electron chi connectivity index (χ0n) is 17.4. The summed E-state index contributed by atoms with van der Waals surface area (Å²) in [6, 6.07) is 12.5. The largest absolute Gasteiger partial charge is 0.497 e. The number of rotatable bonds is 8. The first kappa shape index (κ1) is 21.9. The Balaban J connectivity index is 2.03. The lowest BCUT2D eigenvalue weighted by Gasteiger charge is -2.18. The van der Waals surface area contributed by atoms with E-state index in [0.29, 0.717) is 11.4 Å². The van der Waals surface area contributed by atoms with Crippen molar-refractivity contribution in [1.82, 2.24) is 5.43 Å². The molecule has 0 spiro atoms. The fourth-order valence-electron chi connectivity index (χ4n) is 2.78. The summed E-state index contributed by atoms with van der Waals surface area (Å²) in [6.45, 7) is 5.56. The summed E-state index contributed by atoms with van der Waals surface area (Å²) < 4.78 is 10.4. The molecule has 2 aromatic carbocycles. The number of aryl methyl sites for hydroxylation is 1. The summed E-state index contributed by atoms with van der Waals surface area (Å²) in [5.41, 5.74) is 4.82. The third-order valence-electron chi connectivity index (χ3n) is 4.41. The molecule has 7 nitrogen and oxygen atoms in total. The van der Waals surface area contributed by atoms with Crippen molar-refractivity contribution in [1.29, 1.82) is 0 Å². The highest BCUT2D eigenvalue weighted by Gasteiger charge is 2.29. The normalized spacial score (nSPS) is 11.9. The summed E-state index contributed by atoms with van der Waals surface area (Å²) >= 11 is 0. The Kier molecular flexibility index (Phi) is 7.77. The van der Waals surface area contributed by atoms with E-state index in [4.69, 9.17) is 9.47 Å². The zero-order valence-corrected chi connectivity index (χ0v) is 17.4. The SMILES string of the molecule is COc1ccc(NC(=O)C(C(=O)NN=Cc2ccc(C)c(OC)c2)C(C)C)cc1. The van der Waals surface area contributed by atoms with Crippen molar-refractivity contribution in [2.45, 2.75) is 20.8 Å². The molecule has 0 radical (unpaired) electrons. The highest BCUT2D eigenvalue weighted by atomic mass is 16.5. The number of nitrogens with zero attached hydrogens (tertiary/aromatic N) is 1. The molecule has 0 bridgehead atoms. The van der Waals surface area contributed by atoms with Gasteiger partial charge in [-0.25, -0.2) is 5.43 Å². The van der Waals surface area contributed by atoms with E-state index in [1.54, 1.807) is 38.5 Å². The van der Waals surface area contributed by atoms with Gasteiger partial charge in [0.25, 0.3) is 5.91 Å². The molecule has 2 aromatic rings. The van der Waals surface area contributed by atoms with Gasteiger partial charge in [-0.1, -0.05) is 26.0 Å². The zero-order chi connectivity index (χ0) is 21.4. The lowest BCUT2D eigenvalue weighted by molar-refractivity contribution is -0.134. The number of ether oxygens (including phenoxy) is 2. The Morgan fingerprint density at radius 3 is 2.28 bits per heavy atom. The quantitative estimate of drug-likeness (QED) is 0.406. The smallest absolute Gasteiger partial charge is 0.252 e. The lowest BCUT2D eigenvalue weighted by atomic mass is 9.94. The molecule has 0 aromatic heterocycles. The molecule has 2 rings (SSSR count). The predicted molar refractivity (Wildman–Crippen MR) is 113 cm³/mol. The number of carbonyl (C=O) groups excluding carboxylic acids is 2. The molecule has 7 heteroatoms. The van der Waals surface area contributed by atoms with Gasteiger partial charge in [0, 0.05) is 5.69 Å². The number of amides is 2. The van der Waals surface area contributed by atoms with Crippen LogP contribution in [0, 0.1) is 18.8 Å². The van der Waals surface area contributed by atoms with Gasteiger partial charge in [0.2, 0.25) is 5.91 Å². The maximum absolute atomic E-state index is 12.6. The van der Waals surface area contributed by atoms with E-state index in [-0.39, 0.29) is 5.92 Å². The number of methoxy groups -OCH3 is 2.